The van der Waals surface area contributed by atoms with Crippen molar-refractivity contribution >= 4 is 5.69 Å². The maximum absolute atomic E-state index is 5.85. The summed E-state index contributed by atoms with van der Waals surface area (Å²) in [6, 6.07) is 9.27. The molecule has 0 saturated heterocycles. The minimum atomic E-state index is 0.367. The van der Waals surface area contributed by atoms with Crippen LogP contribution in [0, 0.1) is 0 Å². The van der Waals surface area contributed by atoms with Gasteiger partial charge in [0.25, 0.3) is 5.89 Å². The Morgan fingerprint density at radius 1 is 1.29 bits per heavy atom. The van der Waals surface area contributed by atoms with E-state index in [4.69, 9.17) is 15.0 Å². The van der Waals surface area contributed by atoms with Gasteiger partial charge in [0.15, 0.2) is 0 Å². The van der Waals surface area contributed by atoms with E-state index in [1.54, 1.807) is 18.5 Å². The maximum Gasteiger partial charge on any atom is 0.260 e. The molecule has 21 heavy (non-hydrogen) atoms. The Bertz CT molecular complexity index is 755. The molecular weight excluding hydrogens is 268 g/mol. The molecule has 3 aromatic rings. The highest BCUT2D eigenvalue weighted by molar-refractivity contribution is 5.70. The number of anilines is 1. The average molecular weight is 282 g/mol. The topological polar surface area (TPSA) is 87.1 Å². The Kier molecular flexibility index (Phi) is 3.51. The lowest BCUT2D eigenvalue weighted by Gasteiger charge is -2.03. The van der Waals surface area contributed by atoms with E-state index in [9.17, 15) is 0 Å². The van der Waals surface area contributed by atoms with Crippen LogP contribution in [0.4, 0.5) is 5.69 Å². The van der Waals surface area contributed by atoms with Crippen LogP contribution in [0.2, 0.25) is 0 Å². The highest BCUT2D eigenvalue weighted by Gasteiger charge is 2.13. The van der Waals surface area contributed by atoms with E-state index in [1.165, 1.54) is 0 Å². The molecule has 0 spiro atoms. The van der Waals surface area contributed by atoms with E-state index < -0.39 is 0 Å². The van der Waals surface area contributed by atoms with Gasteiger partial charge in [-0.15, -0.1) is 0 Å². The second-order valence-electron chi connectivity index (χ2n) is 4.35. The Balaban J connectivity index is 1.95. The van der Waals surface area contributed by atoms with E-state index in [0.29, 0.717) is 29.6 Å². The highest BCUT2D eigenvalue weighted by atomic mass is 16.5. The van der Waals surface area contributed by atoms with E-state index >= 15 is 0 Å². The first-order valence-corrected chi connectivity index (χ1v) is 6.54. The van der Waals surface area contributed by atoms with Gasteiger partial charge < -0.3 is 15.0 Å². The third-order valence-corrected chi connectivity index (χ3v) is 2.91. The molecule has 2 aromatic heterocycles. The molecule has 0 atom stereocenters. The van der Waals surface area contributed by atoms with Crippen LogP contribution in [0.5, 0.6) is 5.75 Å². The second-order valence-corrected chi connectivity index (χ2v) is 4.35. The van der Waals surface area contributed by atoms with Crippen molar-refractivity contribution in [2.24, 2.45) is 0 Å². The van der Waals surface area contributed by atoms with Crippen molar-refractivity contribution in [2.45, 2.75) is 6.92 Å². The van der Waals surface area contributed by atoms with Crippen LogP contribution < -0.4 is 10.5 Å². The summed E-state index contributed by atoms with van der Waals surface area (Å²) in [6.07, 6.45) is 3.18. The van der Waals surface area contributed by atoms with Crippen LogP contribution in [0.1, 0.15) is 6.92 Å². The molecule has 0 unspecified atom stereocenters. The van der Waals surface area contributed by atoms with Crippen LogP contribution in [-0.4, -0.2) is 21.7 Å². The first-order valence-electron chi connectivity index (χ1n) is 6.54. The van der Waals surface area contributed by atoms with Crippen molar-refractivity contribution in [1.29, 1.82) is 0 Å². The smallest absolute Gasteiger partial charge is 0.260 e. The second kappa shape index (κ2) is 5.62. The molecule has 6 nitrogen and oxygen atoms in total. The third kappa shape index (κ3) is 2.69. The number of nitrogen functional groups attached to an aromatic ring is 1. The van der Waals surface area contributed by atoms with Gasteiger partial charge in [0.05, 0.1) is 24.1 Å². The van der Waals surface area contributed by atoms with Crippen LogP contribution in [-0.2, 0) is 0 Å². The summed E-state index contributed by atoms with van der Waals surface area (Å²) in [5.41, 5.74) is 7.84. The molecular formula is C15H14N4O2. The van der Waals surface area contributed by atoms with Crippen LogP contribution in [0.25, 0.3) is 22.8 Å². The monoisotopic (exact) mass is 282 g/mol. The van der Waals surface area contributed by atoms with Gasteiger partial charge in [0.1, 0.15) is 5.75 Å². The molecule has 1 aromatic carbocycles. The molecule has 0 amide bonds. The molecule has 0 radical (unpaired) electrons. The first-order chi connectivity index (χ1) is 10.3. The van der Waals surface area contributed by atoms with E-state index in [0.717, 1.165) is 11.3 Å². The summed E-state index contributed by atoms with van der Waals surface area (Å²) in [5.74, 6) is 1.62. The molecule has 6 heteroatoms. The summed E-state index contributed by atoms with van der Waals surface area (Å²) in [4.78, 5) is 8.31. The molecule has 0 aliphatic heterocycles. The number of benzene rings is 1. The summed E-state index contributed by atoms with van der Waals surface area (Å²) < 4.78 is 10.7. The zero-order valence-electron chi connectivity index (χ0n) is 11.5. The number of pyridine rings is 1. The standard InChI is InChI=1S/C15H14N4O2/c1-2-20-11-5-3-4-10(8-11)14-18-15(21-19-14)12-6-7-17-9-13(12)16/h3-9H,2,16H2,1H3. The van der Waals surface area contributed by atoms with E-state index in [2.05, 4.69) is 15.1 Å². The number of rotatable bonds is 4. The maximum atomic E-state index is 5.85. The van der Waals surface area contributed by atoms with Crippen LogP contribution >= 0.6 is 0 Å². The molecule has 0 aliphatic rings. The van der Waals surface area contributed by atoms with Crippen molar-refractivity contribution in [3.8, 4) is 28.6 Å². The Hall–Kier alpha value is -2.89. The van der Waals surface area contributed by atoms with Crippen molar-refractivity contribution in [1.82, 2.24) is 15.1 Å². The quantitative estimate of drug-likeness (QED) is 0.791. The van der Waals surface area contributed by atoms with Gasteiger partial charge in [-0.25, -0.2) is 0 Å². The minimum Gasteiger partial charge on any atom is -0.494 e. The van der Waals surface area contributed by atoms with Crippen LogP contribution in [0.15, 0.2) is 47.2 Å². The van der Waals surface area contributed by atoms with Crippen LogP contribution in [0.3, 0.4) is 0 Å². The number of hydrogen-bond acceptors (Lipinski definition) is 6. The molecule has 0 saturated carbocycles. The Labute approximate surface area is 121 Å². The number of hydrogen-bond donors (Lipinski definition) is 1. The SMILES string of the molecule is CCOc1cccc(-c2noc(-c3ccncc3N)n2)c1. The van der Waals surface area contributed by atoms with Crippen molar-refractivity contribution in [3.63, 3.8) is 0 Å². The lowest BCUT2D eigenvalue weighted by molar-refractivity contribution is 0.340. The minimum absolute atomic E-state index is 0.367. The number of ether oxygens (including phenoxy) is 1. The van der Waals surface area contributed by atoms with Gasteiger partial charge in [0, 0.05) is 11.8 Å². The van der Waals surface area contributed by atoms with Crippen molar-refractivity contribution in [2.75, 3.05) is 12.3 Å². The molecule has 3 rings (SSSR count). The molecule has 2 N–H and O–H groups in total. The molecule has 0 aliphatic carbocycles. The predicted molar refractivity (Wildman–Crippen MR) is 78.5 cm³/mol. The summed E-state index contributed by atoms with van der Waals surface area (Å²) in [6.45, 7) is 2.54. The summed E-state index contributed by atoms with van der Waals surface area (Å²) >= 11 is 0. The van der Waals surface area contributed by atoms with Gasteiger partial charge in [-0.05, 0) is 25.1 Å². The lowest BCUT2D eigenvalue weighted by atomic mass is 10.2. The highest BCUT2D eigenvalue weighted by Crippen LogP contribution is 2.27. The van der Waals surface area contributed by atoms with Crippen molar-refractivity contribution < 1.29 is 9.26 Å². The predicted octanol–water partition coefficient (Wildman–Crippen LogP) is 2.78. The fourth-order valence-corrected chi connectivity index (χ4v) is 1.94. The normalized spacial score (nSPS) is 10.5. The molecule has 106 valence electrons. The largest absolute Gasteiger partial charge is 0.494 e. The zero-order valence-corrected chi connectivity index (χ0v) is 11.5. The zero-order chi connectivity index (χ0) is 14.7. The van der Waals surface area contributed by atoms with Crippen molar-refractivity contribution in [3.05, 3.63) is 42.7 Å². The summed E-state index contributed by atoms with van der Waals surface area (Å²) in [7, 11) is 0. The Morgan fingerprint density at radius 2 is 2.19 bits per heavy atom. The fraction of sp³-hybridized carbons (Fsp3) is 0.133. The molecule has 2 heterocycles. The van der Waals surface area contributed by atoms with Gasteiger partial charge in [-0.1, -0.05) is 17.3 Å². The number of nitrogens with zero attached hydrogens (tertiary/aromatic N) is 3. The molecule has 0 bridgehead atoms. The van der Waals surface area contributed by atoms with Gasteiger partial charge in [0.2, 0.25) is 5.82 Å². The third-order valence-electron chi connectivity index (χ3n) is 2.91. The Morgan fingerprint density at radius 3 is 3.00 bits per heavy atom. The van der Waals surface area contributed by atoms with Gasteiger partial charge in [-0.2, -0.15) is 4.98 Å². The van der Waals surface area contributed by atoms with Gasteiger partial charge in [-0.3, -0.25) is 4.98 Å². The van der Waals surface area contributed by atoms with E-state index in [1.807, 2.05) is 31.2 Å². The van der Waals surface area contributed by atoms with E-state index in [-0.39, 0.29) is 0 Å². The fourth-order valence-electron chi connectivity index (χ4n) is 1.94. The molecule has 0 fully saturated rings. The number of aromatic nitrogens is 3. The first kappa shape index (κ1) is 13.1. The lowest BCUT2D eigenvalue weighted by Crippen LogP contribution is -1.92. The van der Waals surface area contributed by atoms with Gasteiger partial charge >= 0.3 is 0 Å². The number of nitrogens with two attached hydrogens (primary N) is 1. The average Bonchev–Trinajstić information content (AvgIpc) is 2.98. The summed E-state index contributed by atoms with van der Waals surface area (Å²) in [5, 5.41) is 3.99.